The second-order valence-electron chi connectivity index (χ2n) is 7.91. The Morgan fingerprint density at radius 1 is 1.03 bits per heavy atom. The molecule has 9 heteroatoms. The molecule has 8 nitrogen and oxygen atoms in total. The highest BCUT2D eigenvalue weighted by Gasteiger charge is 2.26. The monoisotopic (exact) mass is 442 g/mol. The molecule has 3 aromatic rings. The van der Waals surface area contributed by atoms with Gasteiger partial charge in [0.25, 0.3) is 0 Å². The van der Waals surface area contributed by atoms with Crippen molar-refractivity contribution in [3.8, 4) is 0 Å². The molecule has 0 saturated carbocycles. The van der Waals surface area contributed by atoms with Crippen LogP contribution in [0.15, 0.2) is 52.2 Å². The fourth-order valence-electron chi connectivity index (χ4n) is 4.00. The highest BCUT2D eigenvalue weighted by molar-refractivity contribution is 7.89. The van der Waals surface area contributed by atoms with Gasteiger partial charge in [0.1, 0.15) is 6.54 Å². The Morgan fingerprint density at radius 2 is 1.71 bits per heavy atom. The number of sulfonamides is 1. The van der Waals surface area contributed by atoms with Gasteiger partial charge in [-0.3, -0.25) is 13.9 Å². The standard InChI is InChI=1S/C22H26N4O4S/c1-16-10-11-17(31(29,30)25-12-6-3-7-13-25)14-18(16)23-21(27)15-26-20-9-5-4-8-19(20)24(2)22(26)28/h4-5,8-11,14H,3,6-7,12-13,15H2,1-2H3,(H,23,27). The van der Waals surface area contributed by atoms with Crippen LogP contribution in [0.25, 0.3) is 11.0 Å². The molecule has 0 radical (unpaired) electrons. The average Bonchev–Trinajstić information content (AvgIpc) is 3.01. The van der Waals surface area contributed by atoms with E-state index in [-0.39, 0.29) is 17.1 Å². The van der Waals surface area contributed by atoms with E-state index in [0.29, 0.717) is 24.3 Å². The topological polar surface area (TPSA) is 93.4 Å². The van der Waals surface area contributed by atoms with Crippen molar-refractivity contribution in [3.63, 3.8) is 0 Å². The number of imidazole rings is 1. The number of fused-ring (bicyclic) bond motifs is 1. The maximum absolute atomic E-state index is 13.0. The predicted molar refractivity (Wildman–Crippen MR) is 120 cm³/mol. The summed E-state index contributed by atoms with van der Waals surface area (Å²) in [5, 5.41) is 2.78. The number of hydrogen-bond acceptors (Lipinski definition) is 4. The Hall–Kier alpha value is -2.91. The average molecular weight is 443 g/mol. The summed E-state index contributed by atoms with van der Waals surface area (Å²) in [4.78, 5) is 25.5. The number of nitrogens with zero attached hydrogens (tertiary/aromatic N) is 3. The van der Waals surface area contributed by atoms with Gasteiger partial charge in [-0.15, -0.1) is 0 Å². The Balaban J connectivity index is 1.59. The van der Waals surface area contributed by atoms with Crippen LogP contribution in [0.2, 0.25) is 0 Å². The fraction of sp³-hybridized carbons (Fsp3) is 0.364. The number of carbonyl (C=O) groups excluding carboxylic acids is 1. The van der Waals surface area contributed by atoms with Crippen LogP contribution in [0, 0.1) is 6.92 Å². The van der Waals surface area contributed by atoms with Gasteiger partial charge in [0, 0.05) is 25.8 Å². The lowest BCUT2D eigenvalue weighted by Gasteiger charge is -2.26. The summed E-state index contributed by atoms with van der Waals surface area (Å²) in [6, 6.07) is 12.0. The van der Waals surface area contributed by atoms with Crippen molar-refractivity contribution < 1.29 is 13.2 Å². The normalized spacial score (nSPS) is 15.3. The molecule has 1 N–H and O–H groups in total. The van der Waals surface area contributed by atoms with Gasteiger partial charge in [-0.25, -0.2) is 13.2 Å². The molecule has 2 heterocycles. The van der Waals surface area contributed by atoms with Crippen LogP contribution in [-0.4, -0.2) is 40.9 Å². The molecule has 0 atom stereocenters. The van der Waals surface area contributed by atoms with Crippen molar-refractivity contribution in [2.45, 2.75) is 37.6 Å². The summed E-state index contributed by atoms with van der Waals surface area (Å²) in [6.45, 7) is 2.67. The molecule has 1 fully saturated rings. The molecule has 1 aromatic heterocycles. The van der Waals surface area contributed by atoms with Crippen LogP contribution in [0.4, 0.5) is 5.69 Å². The van der Waals surface area contributed by atoms with E-state index in [1.807, 2.05) is 18.2 Å². The Bertz CT molecular complexity index is 1300. The number of piperidine rings is 1. The zero-order valence-electron chi connectivity index (χ0n) is 17.7. The van der Waals surface area contributed by atoms with Crippen molar-refractivity contribution in [2.24, 2.45) is 7.05 Å². The van der Waals surface area contributed by atoms with Crippen LogP contribution in [0.5, 0.6) is 0 Å². The van der Waals surface area contributed by atoms with Gasteiger partial charge >= 0.3 is 5.69 Å². The zero-order valence-corrected chi connectivity index (χ0v) is 18.5. The first-order valence-electron chi connectivity index (χ1n) is 10.3. The molecule has 1 saturated heterocycles. The number of benzene rings is 2. The first kappa shape index (κ1) is 21.3. The minimum Gasteiger partial charge on any atom is -0.324 e. The van der Waals surface area contributed by atoms with Crippen LogP contribution in [0.3, 0.4) is 0 Å². The molecule has 0 unspecified atom stereocenters. The van der Waals surface area contributed by atoms with E-state index in [4.69, 9.17) is 0 Å². The van der Waals surface area contributed by atoms with Gasteiger partial charge < -0.3 is 5.32 Å². The molecule has 164 valence electrons. The molecule has 31 heavy (non-hydrogen) atoms. The maximum atomic E-state index is 13.0. The van der Waals surface area contributed by atoms with E-state index in [9.17, 15) is 18.0 Å². The molecule has 1 amide bonds. The maximum Gasteiger partial charge on any atom is 0.329 e. The third kappa shape index (κ3) is 4.03. The third-order valence-corrected chi connectivity index (χ3v) is 7.68. The van der Waals surface area contributed by atoms with Crippen molar-refractivity contribution in [1.82, 2.24) is 13.4 Å². The molecule has 1 aliphatic rings. The lowest BCUT2D eigenvalue weighted by molar-refractivity contribution is -0.116. The molecule has 0 spiro atoms. The Labute approximate surface area is 181 Å². The number of aromatic nitrogens is 2. The summed E-state index contributed by atoms with van der Waals surface area (Å²) < 4.78 is 30.4. The molecule has 1 aliphatic heterocycles. The SMILES string of the molecule is Cc1ccc(S(=O)(=O)N2CCCCC2)cc1NC(=O)Cn1c(=O)n(C)c2ccccc21. The van der Waals surface area contributed by atoms with Crippen molar-refractivity contribution in [2.75, 3.05) is 18.4 Å². The molecule has 0 aliphatic carbocycles. The molecule has 0 bridgehead atoms. The molecule has 2 aromatic carbocycles. The van der Waals surface area contributed by atoms with Gasteiger partial charge in [-0.1, -0.05) is 24.6 Å². The number of rotatable bonds is 5. The first-order valence-corrected chi connectivity index (χ1v) is 11.8. The Kier molecular flexibility index (Phi) is 5.72. The number of nitrogens with one attached hydrogen (secondary N) is 1. The number of aryl methyl sites for hydroxylation is 2. The number of anilines is 1. The van der Waals surface area contributed by atoms with E-state index in [1.54, 1.807) is 32.2 Å². The third-order valence-electron chi connectivity index (χ3n) is 5.79. The smallest absolute Gasteiger partial charge is 0.324 e. The van der Waals surface area contributed by atoms with E-state index in [0.717, 1.165) is 30.3 Å². The van der Waals surface area contributed by atoms with Gasteiger partial charge in [-0.2, -0.15) is 4.31 Å². The lowest BCUT2D eigenvalue weighted by atomic mass is 10.2. The highest BCUT2D eigenvalue weighted by atomic mass is 32.2. The summed E-state index contributed by atoms with van der Waals surface area (Å²) in [5.41, 5.74) is 2.30. The van der Waals surface area contributed by atoms with E-state index < -0.39 is 15.9 Å². The van der Waals surface area contributed by atoms with Gasteiger partial charge in [0.2, 0.25) is 15.9 Å². The second kappa shape index (κ2) is 8.32. The minimum atomic E-state index is -3.60. The number of hydrogen-bond donors (Lipinski definition) is 1. The largest absolute Gasteiger partial charge is 0.329 e. The summed E-state index contributed by atoms with van der Waals surface area (Å²) in [6.07, 6.45) is 2.75. The van der Waals surface area contributed by atoms with Gasteiger partial charge in [0.05, 0.1) is 15.9 Å². The summed E-state index contributed by atoms with van der Waals surface area (Å²) in [5.74, 6) is -0.394. The number of amides is 1. The fourth-order valence-corrected chi connectivity index (χ4v) is 5.54. The van der Waals surface area contributed by atoms with Gasteiger partial charge in [-0.05, 0) is 49.6 Å². The minimum absolute atomic E-state index is 0.164. The van der Waals surface area contributed by atoms with E-state index in [1.165, 1.54) is 19.5 Å². The van der Waals surface area contributed by atoms with Crippen molar-refractivity contribution in [1.29, 1.82) is 0 Å². The zero-order chi connectivity index (χ0) is 22.2. The van der Waals surface area contributed by atoms with Gasteiger partial charge in [0.15, 0.2) is 0 Å². The van der Waals surface area contributed by atoms with Crippen molar-refractivity contribution >= 4 is 32.7 Å². The number of carbonyl (C=O) groups is 1. The van der Waals surface area contributed by atoms with Crippen molar-refractivity contribution in [3.05, 3.63) is 58.5 Å². The number of para-hydroxylation sites is 2. The lowest BCUT2D eigenvalue weighted by Crippen LogP contribution is -2.35. The van der Waals surface area contributed by atoms with Crippen LogP contribution < -0.4 is 11.0 Å². The highest BCUT2D eigenvalue weighted by Crippen LogP contribution is 2.25. The second-order valence-corrected chi connectivity index (χ2v) is 9.84. The van der Waals surface area contributed by atoms with E-state index >= 15 is 0 Å². The summed E-state index contributed by atoms with van der Waals surface area (Å²) in [7, 11) is -1.94. The molecular weight excluding hydrogens is 416 g/mol. The van der Waals surface area contributed by atoms with Crippen LogP contribution in [-0.2, 0) is 28.4 Å². The molecular formula is C22H26N4O4S. The van der Waals surface area contributed by atoms with Crippen LogP contribution in [0.1, 0.15) is 24.8 Å². The predicted octanol–water partition coefficient (Wildman–Crippen LogP) is 2.46. The van der Waals surface area contributed by atoms with E-state index in [2.05, 4.69) is 5.32 Å². The summed E-state index contributed by atoms with van der Waals surface area (Å²) >= 11 is 0. The molecule has 4 rings (SSSR count). The Morgan fingerprint density at radius 3 is 2.42 bits per heavy atom. The van der Waals surface area contributed by atoms with Crippen LogP contribution >= 0.6 is 0 Å². The quantitative estimate of drug-likeness (QED) is 0.657. The first-order chi connectivity index (χ1) is 14.8.